The molecule has 1 aromatic heterocycles. The quantitative estimate of drug-likeness (QED) is 0.697. The molecule has 0 fully saturated rings. The molecule has 0 aliphatic heterocycles. The summed E-state index contributed by atoms with van der Waals surface area (Å²) in [6.45, 7) is 0. The van der Waals surface area contributed by atoms with Gasteiger partial charge in [-0.25, -0.2) is 9.18 Å². The Morgan fingerprint density at radius 3 is 2.47 bits per heavy atom. The number of nitrogens with one attached hydrogen (secondary N) is 1. The molecule has 0 aliphatic rings. The lowest BCUT2D eigenvalue weighted by Gasteiger charge is -2.00. The zero-order chi connectivity index (χ0) is 11.8. The van der Waals surface area contributed by atoms with Crippen molar-refractivity contribution in [3.05, 3.63) is 58.8 Å². The Kier molecular flexibility index (Phi) is 2.08. The van der Waals surface area contributed by atoms with E-state index in [0.717, 1.165) is 11.1 Å². The predicted octanol–water partition coefficient (Wildman–Crippen LogP) is 2.93. The molecule has 1 N–H and O–H groups in total. The summed E-state index contributed by atoms with van der Waals surface area (Å²) >= 11 is 0. The van der Waals surface area contributed by atoms with Gasteiger partial charge in [-0.2, -0.15) is 0 Å². The van der Waals surface area contributed by atoms with Crippen molar-refractivity contribution in [2.75, 3.05) is 0 Å². The van der Waals surface area contributed by atoms with Gasteiger partial charge >= 0.3 is 5.76 Å². The van der Waals surface area contributed by atoms with Crippen LogP contribution >= 0.6 is 0 Å². The zero-order valence-corrected chi connectivity index (χ0v) is 8.74. The van der Waals surface area contributed by atoms with Crippen molar-refractivity contribution in [3.8, 4) is 11.1 Å². The molecule has 84 valence electrons. The van der Waals surface area contributed by atoms with E-state index in [2.05, 4.69) is 4.98 Å². The number of hydrogen-bond donors (Lipinski definition) is 1. The summed E-state index contributed by atoms with van der Waals surface area (Å²) in [5, 5.41) is 0. The van der Waals surface area contributed by atoms with Crippen LogP contribution in [-0.2, 0) is 0 Å². The van der Waals surface area contributed by atoms with Crippen LogP contribution in [-0.4, -0.2) is 4.98 Å². The lowest BCUT2D eigenvalue weighted by Crippen LogP contribution is -1.92. The van der Waals surface area contributed by atoms with Gasteiger partial charge in [0.25, 0.3) is 0 Å². The fraction of sp³-hybridized carbons (Fsp3) is 0. The fourth-order valence-corrected chi connectivity index (χ4v) is 1.77. The highest BCUT2D eigenvalue weighted by Crippen LogP contribution is 2.23. The molecule has 0 spiro atoms. The molecule has 0 amide bonds. The summed E-state index contributed by atoms with van der Waals surface area (Å²) in [4.78, 5) is 13.6. The number of benzene rings is 2. The van der Waals surface area contributed by atoms with Gasteiger partial charge in [-0.1, -0.05) is 18.2 Å². The molecule has 0 unspecified atom stereocenters. The lowest BCUT2D eigenvalue weighted by atomic mass is 10.1. The Morgan fingerprint density at radius 2 is 1.71 bits per heavy atom. The molecule has 0 saturated heterocycles. The number of H-pyrrole nitrogens is 1. The molecule has 4 heteroatoms. The van der Waals surface area contributed by atoms with E-state index in [-0.39, 0.29) is 5.82 Å². The van der Waals surface area contributed by atoms with Crippen LogP contribution in [0.25, 0.3) is 22.2 Å². The smallest absolute Gasteiger partial charge is 0.408 e. The third-order valence-electron chi connectivity index (χ3n) is 2.60. The molecule has 0 radical (unpaired) electrons. The minimum atomic E-state index is -0.476. The third-order valence-corrected chi connectivity index (χ3v) is 2.60. The van der Waals surface area contributed by atoms with Gasteiger partial charge in [-0.3, -0.25) is 4.98 Å². The van der Waals surface area contributed by atoms with Crippen LogP contribution < -0.4 is 5.76 Å². The minimum absolute atomic E-state index is 0.275. The first-order valence-electron chi connectivity index (χ1n) is 5.11. The minimum Gasteiger partial charge on any atom is -0.408 e. The van der Waals surface area contributed by atoms with Crippen molar-refractivity contribution in [3.63, 3.8) is 0 Å². The number of aromatic nitrogens is 1. The number of halogens is 1. The van der Waals surface area contributed by atoms with Gasteiger partial charge in [-0.15, -0.1) is 0 Å². The second kappa shape index (κ2) is 3.59. The van der Waals surface area contributed by atoms with E-state index < -0.39 is 5.76 Å². The number of oxazole rings is 1. The maximum atomic E-state index is 12.8. The van der Waals surface area contributed by atoms with E-state index in [4.69, 9.17) is 4.42 Å². The van der Waals surface area contributed by atoms with Gasteiger partial charge in [0.1, 0.15) is 5.82 Å². The Bertz CT molecular complexity index is 725. The Labute approximate surface area is 95.5 Å². The fourth-order valence-electron chi connectivity index (χ4n) is 1.77. The van der Waals surface area contributed by atoms with Crippen molar-refractivity contribution in [2.45, 2.75) is 0 Å². The molecule has 3 aromatic rings. The number of fused-ring (bicyclic) bond motifs is 1. The van der Waals surface area contributed by atoms with E-state index in [1.54, 1.807) is 24.3 Å². The van der Waals surface area contributed by atoms with Crippen LogP contribution in [0.1, 0.15) is 0 Å². The molecule has 3 nitrogen and oxygen atoms in total. The van der Waals surface area contributed by atoms with E-state index in [9.17, 15) is 9.18 Å². The van der Waals surface area contributed by atoms with Crippen molar-refractivity contribution in [1.82, 2.24) is 4.98 Å². The highest BCUT2D eigenvalue weighted by molar-refractivity contribution is 5.79. The van der Waals surface area contributed by atoms with Gasteiger partial charge in [0.2, 0.25) is 0 Å². The molecular formula is C13H8FNO2. The van der Waals surface area contributed by atoms with Gasteiger partial charge in [0, 0.05) is 0 Å². The van der Waals surface area contributed by atoms with Crippen LogP contribution in [0.3, 0.4) is 0 Å². The second-order valence-electron chi connectivity index (χ2n) is 3.73. The monoisotopic (exact) mass is 229 g/mol. The SMILES string of the molecule is O=c1[nH]c2ccc(-c3ccc(F)cc3)cc2o1. The second-order valence-corrected chi connectivity index (χ2v) is 3.73. The summed E-state index contributed by atoms with van der Waals surface area (Å²) in [6.07, 6.45) is 0. The number of rotatable bonds is 1. The number of aromatic amines is 1. The maximum absolute atomic E-state index is 12.8. The maximum Gasteiger partial charge on any atom is 0.417 e. The molecule has 0 saturated carbocycles. The Hall–Kier alpha value is -2.36. The van der Waals surface area contributed by atoms with Crippen molar-refractivity contribution in [1.29, 1.82) is 0 Å². The summed E-state index contributed by atoms with van der Waals surface area (Å²) in [5.74, 6) is -0.751. The molecule has 0 atom stereocenters. The molecular weight excluding hydrogens is 221 g/mol. The summed E-state index contributed by atoms with van der Waals surface area (Å²) in [5.41, 5.74) is 2.90. The van der Waals surface area contributed by atoms with Gasteiger partial charge < -0.3 is 4.42 Å². The standard InChI is InChI=1S/C13H8FNO2/c14-10-4-1-8(2-5-10)9-3-6-11-12(7-9)17-13(16)15-11/h1-7H,(H,15,16). The molecule has 2 aromatic carbocycles. The molecule has 0 aliphatic carbocycles. The molecule has 0 bridgehead atoms. The van der Waals surface area contributed by atoms with Gasteiger partial charge in [0.05, 0.1) is 5.52 Å². The van der Waals surface area contributed by atoms with Crippen LogP contribution in [0.5, 0.6) is 0 Å². The van der Waals surface area contributed by atoms with E-state index in [1.165, 1.54) is 12.1 Å². The Morgan fingerprint density at radius 1 is 1.00 bits per heavy atom. The first-order valence-corrected chi connectivity index (χ1v) is 5.11. The summed E-state index contributed by atoms with van der Waals surface area (Å²) in [6, 6.07) is 11.5. The Balaban J connectivity index is 2.17. The molecule has 17 heavy (non-hydrogen) atoms. The normalized spacial score (nSPS) is 10.9. The van der Waals surface area contributed by atoms with Crippen LogP contribution in [0.2, 0.25) is 0 Å². The summed E-state index contributed by atoms with van der Waals surface area (Å²) in [7, 11) is 0. The van der Waals surface area contributed by atoms with Gasteiger partial charge in [-0.05, 0) is 35.4 Å². The van der Waals surface area contributed by atoms with E-state index in [1.807, 2.05) is 6.07 Å². The van der Waals surface area contributed by atoms with Crippen LogP contribution in [0.4, 0.5) is 4.39 Å². The van der Waals surface area contributed by atoms with Crippen molar-refractivity contribution >= 4 is 11.1 Å². The van der Waals surface area contributed by atoms with Crippen molar-refractivity contribution in [2.24, 2.45) is 0 Å². The van der Waals surface area contributed by atoms with E-state index >= 15 is 0 Å². The first-order chi connectivity index (χ1) is 8.22. The van der Waals surface area contributed by atoms with Crippen LogP contribution in [0.15, 0.2) is 51.7 Å². The highest BCUT2D eigenvalue weighted by Gasteiger charge is 2.03. The van der Waals surface area contributed by atoms with Gasteiger partial charge in [0.15, 0.2) is 5.58 Å². The number of hydrogen-bond acceptors (Lipinski definition) is 2. The highest BCUT2D eigenvalue weighted by atomic mass is 19.1. The first kappa shape index (κ1) is 9.84. The largest absolute Gasteiger partial charge is 0.417 e. The molecule has 3 rings (SSSR count). The topological polar surface area (TPSA) is 46.0 Å². The third kappa shape index (κ3) is 1.73. The molecule has 1 heterocycles. The zero-order valence-electron chi connectivity index (χ0n) is 8.74. The lowest BCUT2D eigenvalue weighted by molar-refractivity contribution is 0.555. The predicted molar refractivity (Wildman–Crippen MR) is 62.2 cm³/mol. The average molecular weight is 229 g/mol. The van der Waals surface area contributed by atoms with Crippen molar-refractivity contribution < 1.29 is 8.81 Å². The average Bonchev–Trinajstić information content (AvgIpc) is 2.69. The van der Waals surface area contributed by atoms with Crippen LogP contribution in [0, 0.1) is 5.82 Å². The summed E-state index contributed by atoms with van der Waals surface area (Å²) < 4.78 is 17.8. The van der Waals surface area contributed by atoms with E-state index in [0.29, 0.717) is 11.1 Å².